The number of carboxylic acids is 1. The molecule has 0 aliphatic carbocycles. The van der Waals surface area contributed by atoms with Gasteiger partial charge in [-0.05, 0) is 25.0 Å². The molecule has 2 rings (SSSR count). The van der Waals surface area contributed by atoms with Gasteiger partial charge in [-0.15, -0.1) is 0 Å². The molecular formula is C14H19NO3. The average Bonchev–Trinajstić information content (AvgIpc) is 2.35. The van der Waals surface area contributed by atoms with Crippen LogP contribution >= 0.6 is 0 Å². The van der Waals surface area contributed by atoms with Crippen molar-refractivity contribution in [2.75, 3.05) is 13.2 Å². The van der Waals surface area contributed by atoms with Gasteiger partial charge in [0.15, 0.2) is 0 Å². The van der Waals surface area contributed by atoms with E-state index in [4.69, 9.17) is 9.84 Å². The third kappa shape index (κ3) is 2.71. The molecule has 4 heteroatoms. The Morgan fingerprint density at radius 3 is 2.89 bits per heavy atom. The molecule has 1 aromatic carbocycles. The maximum absolute atomic E-state index is 11.0. The van der Waals surface area contributed by atoms with Crippen LogP contribution in [0.1, 0.15) is 31.0 Å². The SMILES string of the molecule is CC(C)N(CC(=O)O)C1COCc2ccccc21. The summed E-state index contributed by atoms with van der Waals surface area (Å²) in [4.78, 5) is 13.0. The molecule has 0 bridgehead atoms. The Balaban J connectivity index is 2.29. The number of hydrogen-bond acceptors (Lipinski definition) is 3. The molecule has 0 saturated carbocycles. The van der Waals surface area contributed by atoms with Crippen LogP contribution < -0.4 is 0 Å². The van der Waals surface area contributed by atoms with Crippen LogP contribution in [0.4, 0.5) is 0 Å². The molecule has 1 aliphatic heterocycles. The first-order valence-corrected chi connectivity index (χ1v) is 6.22. The van der Waals surface area contributed by atoms with E-state index in [0.29, 0.717) is 13.2 Å². The van der Waals surface area contributed by atoms with E-state index in [9.17, 15) is 4.79 Å². The first kappa shape index (κ1) is 13.1. The number of nitrogens with zero attached hydrogens (tertiary/aromatic N) is 1. The minimum atomic E-state index is -0.799. The summed E-state index contributed by atoms with van der Waals surface area (Å²) in [6, 6.07) is 8.30. The highest BCUT2D eigenvalue weighted by molar-refractivity contribution is 5.69. The Labute approximate surface area is 107 Å². The second-order valence-electron chi connectivity index (χ2n) is 4.89. The van der Waals surface area contributed by atoms with Crippen LogP contribution in [-0.2, 0) is 16.1 Å². The number of fused-ring (bicyclic) bond motifs is 1. The number of hydrogen-bond donors (Lipinski definition) is 1. The molecule has 0 amide bonds. The van der Waals surface area contributed by atoms with Crippen molar-refractivity contribution in [3.8, 4) is 0 Å². The van der Waals surface area contributed by atoms with Gasteiger partial charge in [-0.1, -0.05) is 24.3 Å². The minimum Gasteiger partial charge on any atom is -0.480 e. The van der Waals surface area contributed by atoms with Crippen molar-refractivity contribution in [1.29, 1.82) is 0 Å². The van der Waals surface area contributed by atoms with Crippen LogP contribution in [0.5, 0.6) is 0 Å². The van der Waals surface area contributed by atoms with Gasteiger partial charge in [-0.3, -0.25) is 9.69 Å². The van der Waals surface area contributed by atoms with Crippen molar-refractivity contribution in [2.24, 2.45) is 0 Å². The molecule has 0 radical (unpaired) electrons. The summed E-state index contributed by atoms with van der Waals surface area (Å²) in [5.74, 6) is -0.799. The average molecular weight is 249 g/mol. The van der Waals surface area contributed by atoms with Gasteiger partial charge < -0.3 is 9.84 Å². The van der Waals surface area contributed by atoms with Crippen LogP contribution in [-0.4, -0.2) is 35.2 Å². The van der Waals surface area contributed by atoms with Gasteiger partial charge in [0.05, 0.1) is 25.8 Å². The summed E-state index contributed by atoms with van der Waals surface area (Å²) in [5, 5.41) is 9.03. The van der Waals surface area contributed by atoms with E-state index in [0.717, 1.165) is 5.56 Å². The molecule has 1 aromatic rings. The van der Waals surface area contributed by atoms with E-state index >= 15 is 0 Å². The second kappa shape index (κ2) is 5.50. The molecule has 1 atom stereocenters. The summed E-state index contributed by atoms with van der Waals surface area (Å²) < 4.78 is 5.59. The van der Waals surface area contributed by atoms with E-state index in [1.54, 1.807) is 0 Å². The summed E-state index contributed by atoms with van der Waals surface area (Å²) in [5.41, 5.74) is 2.35. The molecule has 0 fully saturated rings. The van der Waals surface area contributed by atoms with Gasteiger partial charge >= 0.3 is 5.97 Å². The minimum absolute atomic E-state index is 0.0334. The molecule has 18 heavy (non-hydrogen) atoms. The fourth-order valence-corrected chi connectivity index (χ4v) is 2.44. The van der Waals surface area contributed by atoms with E-state index in [1.165, 1.54) is 5.56 Å². The molecule has 1 aliphatic rings. The van der Waals surface area contributed by atoms with Crippen LogP contribution in [0.2, 0.25) is 0 Å². The number of ether oxygens (including phenoxy) is 1. The van der Waals surface area contributed by atoms with Crippen LogP contribution in [0.3, 0.4) is 0 Å². The predicted molar refractivity (Wildman–Crippen MR) is 68.3 cm³/mol. The zero-order valence-electron chi connectivity index (χ0n) is 10.8. The lowest BCUT2D eigenvalue weighted by Crippen LogP contribution is -2.42. The summed E-state index contributed by atoms with van der Waals surface area (Å²) >= 11 is 0. The van der Waals surface area contributed by atoms with Crippen LogP contribution in [0.25, 0.3) is 0 Å². The fourth-order valence-electron chi connectivity index (χ4n) is 2.44. The lowest BCUT2D eigenvalue weighted by atomic mass is 9.97. The lowest BCUT2D eigenvalue weighted by Gasteiger charge is -2.37. The van der Waals surface area contributed by atoms with Gasteiger partial charge in [0.1, 0.15) is 0 Å². The van der Waals surface area contributed by atoms with Gasteiger partial charge in [-0.2, -0.15) is 0 Å². The summed E-state index contributed by atoms with van der Waals surface area (Å²) in [6.45, 7) is 5.24. The van der Waals surface area contributed by atoms with E-state index < -0.39 is 5.97 Å². The van der Waals surface area contributed by atoms with Crippen molar-refractivity contribution >= 4 is 5.97 Å². The Kier molecular flexibility index (Phi) is 3.99. The largest absolute Gasteiger partial charge is 0.480 e. The van der Waals surface area contributed by atoms with Gasteiger partial charge in [0, 0.05) is 6.04 Å². The van der Waals surface area contributed by atoms with Gasteiger partial charge in [-0.25, -0.2) is 0 Å². The number of carboxylic acid groups (broad SMARTS) is 1. The summed E-state index contributed by atoms with van der Waals surface area (Å²) in [6.07, 6.45) is 0. The van der Waals surface area contributed by atoms with Crippen molar-refractivity contribution < 1.29 is 14.6 Å². The Morgan fingerprint density at radius 2 is 2.22 bits per heavy atom. The molecule has 0 spiro atoms. The normalized spacial score (nSPS) is 19.0. The van der Waals surface area contributed by atoms with Gasteiger partial charge in [0.2, 0.25) is 0 Å². The first-order chi connectivity index (χ1) is 8.59. The van der Waals surface area contributed by atoms with E-state index in [1.807, 2.05) is 36.9 Å². The number of rotatable bonds is 4. The molecular weight excluding hydrogens is 230 g/mol. The van der Waals surface area contributed by atoms with Crippen LogP contribution in [0, 0.1) is 0 Å². The number of aliphatic carboxylic acids is 1. The Morgan fingerprint density at radius 1 is 1.50 bits per heavy atom. The highest BCUT2D eigenvalue weighted by Gasteiger charge is 2.29. The zero-order chi connectivity index (χ0) is 13.1. The third-order valence-electron chi connectivity index (χ3n) is 3.33. The molecule has 98 valence electrons. The highest BCUT2D eigenvalue weighted by atomic mass is 16.5. The Bertz CT molecular complexity index is 431. The number of carbonyl (C=O) groups is 1. The summed E-state index contributed by atoms with van der Waals surface area (Å²) in [7, 11) is 0. The third-order valence-corrected chi connectivity index (χ3v) is 3.33. The van der Waals surface area contributed by atoms with Crippen LogP contribution in [0.15, 0.2) is 24.3 Å². The zero-order valence-corrected chi connectivity index (χ0v) is 10.8. The molecule has 1 unspecified atom stereocenters. The Hall–Kier alpha value is -1.39. The van der Waals surface area contributed by atoms with Crippen molar-refractivity contribution in [2.45, 2.75) is 32.5 Å². The van der Waals surface area contributed by atoms with Gasteiger partial charge in [0.25, 0.3) is 0 Å². The maximum Gasteiger partial charge on any atom is 0.317 e. The van der Waals surface area contributed by atoms with Crippen molar-refractivity contribution in [1.82, 2.24) is 4.90 Å². The standard InChI is InChI=1S/C14H19NO3/c1-10(2)15(7-14(16)17)13-9-18-8-11-5-3-4-6-12(11)13/h3-6,10,13H,7-9H2,1-2H3,(H,16,17). The first-order valence-electron chi connectivity index (χ1n) is 6.22. The molecule has 4 nitrogen and oxygen atoms in total. The number of benzene rings is 1. The quantitative estimate of drug-likeness (QED) is 0.887. The maximum atomic E-state index is 11.0. The lowest BCUT2D eigenvalue weighted by molar-refractivity contribution is -0.140. The highest BCUT2D eigenvalue weighted by Crippen LogP contribution is 2.30. The van der Waals surface area contributed by atoms with Crippen molar-refractivity contribution in [3.63, 3.8) is 0 Å². The second-order valence-corrected chi connectivity index (χ2v) is 4.89. The monoisotopic (exact) mass is 249 g/mol. The fraction of sp³-hybridized carbons (Fsp3) is 0.500. The molecule has 0 saturated heterocycles. The van der Waals surface area contributed by atoms with E-state index in [-0.39, 0.29) is 18.6 Å². The van der Waals surface area contributed by atoms with Crippen molar-refractivity contribution in [3.05, 3.63) is 35.4 Å². The molecule has 0 aromatic heterocycles. The molecule has 1 heterocycles. The molecule has 1 N–H and O–H groups in total. The van der Waals surface area contributed by atoms with E-state index in [2.05, 4.69) is 6.07 Å². The predicted octanol–water partition coefficient (Wildman–Crippen LogP) is 2.05. The smallest absolute Gasteiger partial charge is 0.317 e. The topological polar surface area (TPSA) is 49.8 Å².